The van der Waals surface area contributed by atoms with Crippen LogP contribution in [0, 0.1) is 12.7 Å². The monoisotopic (exact) mass is 327 g/mol. The maximum atomic E-state index is 13.2. The van der Waals surface area contributed by atoms with Crippen molar-refractivity contribution in [2.45, 2.75) is 33.1 Å². The van der Waals surface area contributed by atoms with Crippen LogP contribution in [0.4, 0.5) is 15.9 Å². The minimum atomic E-state index is -0.463. The van der Waals surface area contributed by atoms with Gasteiger partial charge in [-0.25, -0.2) is 14.4 Å². The van der Waals surface area contributed by atoms with E-state index in [1.165, 1.54) is 12.1 Å². The maximum Gasteiger partial charge on any atom is 0.141 e. The van der Waals surface area contributed by atoms with Crippen LogP contribution in [0.25, 0.3) is 0 Å². The standard InChI is InChI=1S/C15H16Cl2FN3/c1-8-12(17)20-14(15(2,3)4)21-13(8)19-9-5-6-11(18)10(16)7-9/h5-7H,1-4H3,(H,19,20,21). The van der Waals surface area contributed by atoms with Crippen LogP contribution in [-0.2, 0) is 5.41 Å². The molecule has 3 nitrogen and oxygen atoms in total. The second-order valence-corrected chi connectivity index (χ2v) is 6.58. The lowest BCUT2D eigenvalue weighted by molar-refractivity contribution is 0.545. The zero-order valence-electron chi connectivity index (χ0n) is 12.3. The highest BCUT2D eigenvalue weighted by atomic mass is 35.5. The molecular formula is C15H16Cl2FN3. The van der Waals surface area contributed by atoms with Crippen molar-refractivity contribution in [1.29, 1.82) is 0 Å². The van der Waals surface area contributed by atoms with Gasteiger partial charge in [0.15, 0.2) is 0 Å². The Morgan fingerprint density at radius 3 is 2.38 bits per heavy atom. The summed E-state index contributed by atoms with van der Waals surface area (Å²) in [5, 5.41) is 3.55. The maximum absolute atomic E-state index is 13.2. The molecule has 1 N–H and O–H groups in total. The largest absolute Gasteiger partial charge is 0.340 e. The van der Waals surface area contributed by atoms with Crippen molar-refractivity contribution < 1.29 is 4.39 Å². The Labute approximate surface area is 133 Å². The lowest BCUT2D eigenvalue weighted by Crippen LogP contribution is -2.17. The molecule has 0 radical (unpaired) electrons. The van der Waals surface area contributed by atoms with Gasteiger partial charge in [0.25, 0.3) is 0 Å². The third-order valence-corrected chi connectivity index (χ3v) is 3.60. The number of anilines is 2. The average molecular weight is 328 g/mol. The molecule has 21 heavy (non-hydrogen) atoms. The summed E-state index contributed by atoms with van der Waals surface area (Å²) in [6, 6.07) is 4.39. The molecule has 112 valence electrons. The molecule has 2 rings (SSSR count). The first-order chi connectivity index (χ1) is 9.68. The third kappa shape index (κ3) is 3.63. The van der Waals surface area contributed by atoms with E-state index in [1.54, 1.807) is 6.07 Å². The van der Waals surface area contributed by atoms with Crippen molar-refractivity contribution in [1.82, 2.24) is 9.97 Å². The molecule has 0 saturated carbocycles. The summed E-state index contributed by atoms with van der Waals surface area (Å²) in [4.78, 5) is 8.81. The van der Waals surface area contributed by atoms with Gasteiger partial charge in [-0.2, -0.15) is 0 Å². The number of hydrogen-bond acceptors (Lipinski definition) is 3. The van der Waals surface area contributed by atoms with Gasteiger partial charge in [-0.15, -0.1) is 0 Å². The number of nitrogens with one attached hydrogen (secondary N) is 1. The van der Waals surface area contributed by atoms with Crippen molar-refractivity contribution in [2.24, 2.45) is 0 Å². The second-order valence-electron chi connectivity index (χ2n) is 5.82. The Kier molecular flexibility index (Phi) is 4.40. The fraction of sp³-hybridized carbons (Fsp3) is 0.333. The van der Waals surface area contributed by atoms with Crippen LogP contribution in [0.1, 0.15) is 32.2 Å². The Bertz CT molecular complexity index is 681. The van der Waals surface area contributed by atoms with Crippen molar-refractivity contribution in [3.8, 4) is 0 Å². The van der Waals surface area contributed by atoms with E-state index in [9.17, 15) is 4.39 Å². The summed E-state index contributed by atoms with van der Waals surface area (Å²) in [7, 11) is 0. The number of rotatable bonds is 2. The van der Waals surface area contributed by atoms with Crippen LogP contribution >= 0.6 is 23.2 Å². The number of hydrogen-bond donors (Lipinski definition) is 1. The molecule has 0 aliphatic rings. The first-order valence-electron chi connectivity index (χ1n) is 6.45. The summed E-state index contributed by atoms with van der Waals surface area (Å²) < 4.78 is 13.2. The normalized spacial score (nSPS) is 11.6. The lowest BCUT2D eigenvalue weighted by atomic mass is 9.95. The average Bonchev–Trinajstić information content (AvgIpc) is 2.38. The third-order valence-electron chi connectivity index (χ3n) is 2.94. The molecule has 1 aromatic carbocycles. The van der Waals surface area contributed by atoms with Gasteiger partial charge >= 0.3 is 0 Å². The van der Waals surface area contributed by atoms with Gasteiger partial charge in [0, 0.05) is 16.7 Å². The van der Waals surface area contributed by atoms with Crippen molar-refractivity contribution in [3.05, 3.63) is 45.6 Å². The van der Waals surface area contributed by atoms with Crippen LogP contribution in [0.3, 0.4) is 0 Å². The molecular weight excluding hydrogens is 312 g/mol. The Morgan fingerprint density at radius 2 is 1.81 bits per heavy atom. The van der Waals surface area contributed by atoms with Crippen molar-refractivity contribution in [3.63, 3.8) is 0 Å². The van der Waals surface area contributed by atoms with Gasteiger partial charge in [0.2, 0.25) is 0 Å². The van der Waals surface area contributed by atoms with Crippen LogP contribution in [0.5, 0.6) is 0 Å². The molecule has 0 bridgehead atoms. The Balaban J connectivity index is 2.43. The van der Waals surface area contributed by atoms with E-state index in [1.807, 2.05) is 27.7 Å². The molecule has 0 amide bonds. The van der Waals surface area contributed by atoms with E-state index in [0.717, 1.165) is 5.56 Å². The Morgan fingerprint density at radius 1 is 1.14 bits per heavy atom. The summed E-state index contributed by atoms with van der Waals surface area (Å²) in [5.41, 5.74) is 1.14. The number of nitrogens with zero attached hydrogens (tertiary/aromatic N) is 2. The molecule has 0 fully saturated rings. The highest BCUT2D eigenvalue weighted by molar-refractivity contribution is 6.31. The first-order valence-corrected chi connectivity index (χ1v) is 7.21. The summed E-state index contributed by atoms with van der Waals surface area (Å²) >= 11 is 12.0. The van der Waals surface area contributed by atoms with E-state index in [-0.39, 0.29) is 10.4 Å². The van der Waals surface area contributed by atoms with Crippen LogP contribution in [0.2, 0.25) is 10.2 Å². The van der Waals surface area contributed by atoms with E-state index in [4.69, 9.17) is 23.2 Å². The van der Waals surface area contributed by atoms with Crippen molar-refractivity contribution >= 4 is 34.7 Å². The minimum absolute atomic E-state index is 0.0499. The van der Waals surface area contributed by atoms with Gasteiger partial charge in [-0.05, 0) is 25.1 Å². The predicted molar refractivity (Wildman–Crippen MR) is 85.2 cm³/mol. The van der Waals surface area contributed by atoms with Crippen molar-refractivity contribution in [2.75, 3.05) is 5.32 Å². The molecule has 0 spiro atoms. The summed E-state index contributed by atoms with van der Waals surface area (Å²) in [6.07, 6.45) is 0. The molecule has 6 heteroatoms. The molecule has 0 saturated heterocycles. The SMILES string of the molecule is Cc1c(Cl)nc(C(C)(C)C)nc1Nc1ccc(F)c(Cl)c1. The van der Waals surface area contributed by atoms with Gasteiger partial charge in [0.1, 0.15) is 22.6 Å². The smallest absolute Gasteiger partial charge is 0.141 e. The Hall–Kier alpha value is -1.39. The van der Waals surface area contributed by atoms with Crippen LogP contribution < -0.4 is 5.32 Å². The fourth-order valence-electron chi connectivity index (χ4n) is 1.66. The molecule has 0 atom stereocenters. The summed E-state index contributed by atoms with van der Waals surface area (Å²) in [6.45, 7) is 7.84. The highest BCUT2D eigenvalue weighted by Crippen LogP contribution is 2.29. The molecule has 0 aliphatic heterocycles. The topological polar surface area (TPSA) is 37.8 Å². The van der Waals surface area contributed by atoms with E-state index in [0.29, 0.717) is 22.5 Å². The highest BCUT2D eigenvalue weighted by Gasteiger charge is 2.20. The number of aromatic nitrogens is 2. The summed E-state index contributed by atoms with van der Waals surface area (Å²) in [5.74, 6) is 0.756. The quantitative estimate of drug-likeness (QED) is 0.763. The molecule has 2 aromatic rings. The minimum Gasteiger partial charge on any atom is -0.340 e. The molecule has 0 aliphatic carbocycles. The van der Waals surface area contributed by atoms with Gasteiger partial charge in [0.05, 0.1) is 5.02 Å². The number of halogens is 3. The van der Waals surface area contributed by atoms with Crippen LogP contribution in [-0.4, -0.2) is 9.97 Å². The van der Waals surface area contributed by atoms with E-state index in [2.05, 4.69) is 15.3 Å². The first kappa shape index (κ1) is 16.0. The fourth-order valence-corrected chi connectivity index (χ4v) is 2.01. The van der Waals surface area contributed by atoms with Gasteiger partial charge in [-0.1, -0.05) is 44.0 Å². The van der Waals surface area contributed by atoms with E-state index < -0.39 is 5.82 Å². The van der Waals surface area contributed by atoms with Gasteiger partial charge in [-0.3, -0.25) is 0 Å². The zero-order valence-corrected chi connectivity index (χ0v) is 13.8. The van der Waals surface area contributed by atoms with Gasteiger partial charge < -0.3 is 5.32 Å². The molecule has 0 unspecified atom stereocenters. The molecule has 1 aromatic heterocycles. The second kappa shape index (κ2) is 5.78. The van der Waals surface area contributed by atoms with Crippen LogP contribution in [0.15, 0.2) is 18.2 Å². The predicted octanol–water partition coefficient (Wildman–Crippen LogP) is 5.27. The zero-order chi connectivity index (χ0) is 15.8. The lowest BCUT2D eigenvalue weighted by Gasteiger charge is -2.19. The number of benzene rings is 1. The van der Waals surface area contributed by atoms with E-state index >= 15 is 0 Å². The molecule has 1 heterocycles.